The van der Waals surface area contributed by atoms with Crippen LogP contribution >= 0.6 is 0 Å². The topological polar surface area (TPSA) is 9.23 Å². The average molecular weight is 512 g/mol. The van der Waals surface area contributed by atoms with Crippen LogP contribution in [0.1, 0.15) is 0 Å². The van der Waals surface area contributed by atoms with Gasteiger partial charge < -0.3 is 4.74 Å². The molecule has 182 valence electrons. The Hall–Kier alpha value is -4.60. The third-order valence-electron chi connectivity index (χ3n) is 8.50. The summed E-state index contributed by atoms with van der Waals surface area (Å²) in [7, 11) is -2.60. The molecule has 2 aliphatic heterocycles. The van der Waals surface area contributed by atoms with E-state index in [2.05, 4.69) is 152 Å². The molecule has 0 spiro atoms. The highest BCUT2D eigenvalue weighted by Crippen LogP contribution is 2.30. The first kappa shape index (κ1) is 22.4. The van der Waals surface area contributed by atoms with Crippen molar-refractivity contribution in [2.24, 2.45) is 0 Å². The predicted molar refractivity (Wildman–Crippen MR) is 167 cm³/mol. The van der Waals surface area contributed by atoms with Crippen LogP contribution in [0.15, 0.2) is 152 Å². The molecular weight excluding hydrogens is 487 g/mol. The normalized spacial score (nSPS) is 14.0. The van der Waals surface area contributed by atoms with Gasteiger partial charge in [0.2, 0.25) is 0 Å². The van der Waals surface area contributed by atoms with Crippen molar-refractivity contribution in [2.75, 3.05) is 0 Å². The molecular formula is C36H25BOSi. The van der Waals surface area contributed by atoms with E-state index in [-0.39, 0.29) is 6.71 Å². The van der Waals surface area contributed by atoms with E-state index >= 15 is 0 Å². The molecule has 0 aliphatic carbocycles. The van der Waals surface area contributed by atoms with Crippen LogP contribution in [0, 0.1) is 0 Å². The molecule has 0 bridgehead atoms. The van der Waals surface area contributed by atoms with Crippen LogP contribution in [-0.2, 0) is 0 Å². The van der Waals surface area contributed by atoms with Gasteiger partial charge in [-0.1, -0.05) is 145 Å². The van der Waals surface area contributed by atoms with E-state index < -0.39 is 8.07 Å². The molecule has 0 amide bonds. The first-order valence-electron chi connectivity index (χ1n) is 13.6. The molecule has 0 unspecified atom stereocenters. The molecule has 8 rings (SSSR count). The maximum Gasteiger partial charge on any atom is 0.250 e. The van der Waals surface area contributed by atoms with E-state index in [1.165, 1.54) is 48.3 Å². The second-order valence-corrected chi connectivity index (χ2v) is 14.2. The molecule has 0 saturated carbocycles. The van der Waals surface area contributed by atoms with Crippen LogP contribution in [0.4, 0.5) is 0 Å². The maximum absolute atomic E-state index is 6.79. The zero-order valence-electron chi connectivity index (χ0n) is 21.4. The molecule has 2 aliphatic rings. The summed E-state index contributed by atoms with van der Waals surface area (Å²) in [6.07, 6.45) is 0. The fraction of sp³-hybridized carbons (Fsp3) is 0. The van der Waals surface area contributed by atoms with Crippen molar-refractivity contribution >= 4 is 51.9 Å². The quantitative estimate of drug-likeness (QED) is 0.329. The summed E-state index contributed by atoms with van der Waals surface area (Å²) < 4.78 is 6.79. The standard InChI is InChI=1S/C36H25BOSi/c1-4-13-26(14-5-1)27-23-24-30-33(25-27)38-32-20-12-22-35-36(32)37(30)31-19-10-11-21-34(31)39(35,28-15-6-2-7-16-28)29-17-8-3-9-18-29/h1-25H. The first-order valence-corrected chi connectivity index (χ1v) is 15.6. The van der Waals surface area contributed by atoms with E-state index in [0.29, 0.717) is 0 Å². The lowest BCUT2D eigenvalue weighted by Gasteiger charge is -2.44. The van der Waals surface area contributed by atoms with Gasteiger partial charge in [0, 0.05) is 0 Å². The van der Waals surface area contributed by atoms with Gasteiger partial charge >= 0.3 is 0 Å². The number of fused-ring (bicyclic) bond motifs is 4. The lowest BCUT2D eigenvalue weighted by Crippen LogP contribution is -2.87. The molecule has 0 aromatic heterocycles. The summed E-state index contributed by atoms with van der Waals surface area (Å²) in [6, 6.07) is 55.6. The average Bonchev–Trinajstić information content (AvgIpc) is 3.02. The van der Waals surface area contributed by atoms with E-state index in [9.17, 15) is 0 Å². The Morgan fingerprint density at radius 3 is 1.77 bits per heavy atom. The number of hydrogen-bond donors (Lipinski definition) is 0. The van der Waals surface area contributed by atoms with E-state index in [4.69, 9.17) is 4.74 Å². The molecule has 39 heavy (non-hydrogen) atoms. The Kier molecular flexibility index (Phi) is 5.01. The molecule has 0 radical (unpaired) electrons. The molecule has 0 N–H and O–H groups in total. The summed E-state index contributed by atoms with van der Waals surface area (Å²) in [4.78, 5) is 0. The van der Waals surface area contributed by atoms with Crippen LogP contribution in [-0.4, -0.2) is 14.8 Å². The van der Waals surface area contributed by atoms with Gasteiger partial charge in [0.1, 0.15) is 11.5 Å². The van der Waals surface area contributed by atoms with Crippen LogP contribution < -0.4 is 41.9 Å². The van der Waals surface area contributed by atoms with Crippen molar-refractivity contribution in [3.63, 3.8) is 0 Å². The summed E-state index contributed by atoms with van der Waals surface area (Å²) in [6.45, 7) is 0.133. The second-order valence-electron chi connectivity index (χ2n) is 10.4. The van der Waals surface area contributed by atoms with Gasteiger partial charge in [-0.25, -0.2) is 0 Å². The summed E-state index contributed by atoms with van der Waals surface area (Å²) in [5.41, 5.74) is 6.34. The minimum atomic E-state index is -2.60. The fourth-order valence-corrected chi connectivity index (χ4v) is 12.2. The number of rotatable bonds is 3. The highest BCUT2D eigenvalue weighted by Gasteiger charge is 2.52. The van der Waals surface area contributed by atoms with E-state index in [1.54, 1.807) is 0 Å². The van der Waals surface area contributed by atoms with Crippen molar-refractivity contribution in [3.8, 4) is 22.6 Å². The number of hydrogen-bond acceptors (Lipinski definition) is 1. The van der Waals surface area contributed by atoms with Crippen LogP contribution in [0.2, 0.25) is 0 Å². The number of benzene rings is 6. The monoisotopic (exact) mass is 512 g/mol. The lowest BCUT2D eigenvalue weighted by atomic mass is 9.35. The third-order valence-corrected chi connectivity index (χ3v) is 13.4. The number of ether oxygens (including phenoxy) is 1. The second kappa shape index (κ2) is 8.72. The van der Waals surface area contributed by atoms with Gasteiger partial charge in [0.15, 0.2) is 8.07 Å². The minimum absolute atomic E-state index is 0.133. The Morgan fingerprint density at radius 2 is 1.05 bits per heavy atom. The lowest BCUT2D eigenvalue weighted by molar-refractivity contribution is 0.488. The van der Waals surface area contributed by atoms with Gasteiger partial charge in [-0.15, -0.1) is 0 Å². The largest absolute Gasteiger partial charge is 0.458 e. The van der Waals surface area contributed by atoms with Gasteiger partial charge in [0.05, 0.1) is 0 Å². The van der Waals surface area contributed by atoms with Crippen molar-refractivity contribution in [3.05, 3.63) is 152 Å². The Balaban J connectivity index is 1.45. The van der Waals surface area contributed by atoms with Crippen molar-refractivity contribution in [1.82, 2.24) is 0 Å². The van der Waals surface area contributed by atoms with Crippen LogP contribution in [0.5, 0.6) is 11.5 Å². The van der Waals surface area contributed by atoms with Gasteiger partial charge in [-0.3, -0.25) is 0 Å². The molecule has 0 atom stereocenters. The molecule has 6 aromatic rings. The molecule has 6 aromatic carbocycles. The third kappa shape index (κ3) is 3.20. The molecule has 1 nitrogen and oxygen atoms in total. The van der Waals surface area contributed by atoms with Crippen LogP contribution in [0.25, 0.3) is 11.1 Å². The Labute approximate surface area is 230 Å². The highest BCUT2D eigenvalue weighted by molar-refractivity contribution is 7.26. The van der Waals surface area contributed by atoms with Crippen LogP contribution in [0.3, 0.4) is 0 Å². The molecule has 0 fully saturated rings. The van der Waals surface area contributed by atoms with Crippen molar-refractivity contribution < 1.29 is 4.74 Å². The summed E-state index contributed by atoms with van der Waals surface area (Å²) in [5, 5.41) is 5.71. The summed E-state index contributed by atoms with van der Waals surface area (Å²) in [5.74, 6) is 1.93. The fourth-order valence-electron chi connectivity index (χ4n) is 6.93. The highest BCUT2D eigenvalue weighted by atomic mass is 28.3. The Morgan fingerprint density at radius 1 is 0.436 bits per heavy atom. The van der Waals surface area contributed by atoms with Crippen molar-refractivity contribution in [2.45, 2.75) is 0 Å². The predicted octanol–water partition coefficient (Wildman–Crippen LogP) is 3.67. The smallest absolute Gasteiger partial charge is 0.250 e. The zero-order chi connectivity index (χ0) is 25.8. The van der Waals surface area contributed by atoms with E-state index in [0.717, 1.165) is 11.5 Å². The molecule has 0 saturated heterocycles. The zero-order valence-corrected chi connectivity index (χ0v) is 22.4. The Bertz CT molecular complexity index is 1790. The van der Waals surface area contributed by atoms with Gasteiger partial charge in [-0.05, 0) is 54.9 Å². The SMILES string of the molecule is c1ccc(-c2ccc3c(c2)Oc2cccc4c2B3c2ccccc2[Si]4(c2ccccc2)c2ccccc2)cc1. The summed E-state index contributed by atoms with van der Waals surface area (Å²) >= 11 is 0. The van der Waals surface area contributed by atoms with Gasteiger partial charge in [-0.2, -0.15) is 0 Å². The first-order chi connectivity index (χ1) is 19.4. The molecule has 2 heterocycles. The minimum Gasteiger partial charge on any atom is -0.458 e. The van der Waals surface area contributed by atoms with Crippen molar-refractivity contribution in [1.29, 1.82) is 0 Å². The molecule has 3 heteroatoms. The van der Waals surface area contributed by atoms with E-state index in [1.807, 2.05) is 0 Å². The van der Waals surface area contributed by atoms with Gasteiger partial charge in [0.25, 0.3) is 6.71 Å². The maximum atomic E-state index is 6.79.